The van der Waals surface area contributed by atoms with E-state index in [1.54, 1.807) is 49.4 Å². The van der Waals surface area contributed by atoms with E-state index in [1.165, 1.54) is 0 Å². The van der Waals surface area contributed by atoms with Gasteiger partial charge < -0.3 is 10.6 Å². The Bertz CT molecular complexity index is 762. The molecule has 126 valence electrons. The predicted octanol–water partition coefficient (Wildman–Crippen LogP) is 4.83. The van der Waals surface area contributed by atoms with E-state index < -0.39 is 0 Å². The van der Waals surface area contributed by atoms with Crippen LogP contribution >= 0.6 is 23.2 Å². The second-order valence-corrected chi connectivity index (χ2v) is 6.19. The van der Waals surface area contributed by atoms with Crippen molar-refractivity contribution >= 4 is 40.7 Å². The summed E-state index contributed by atoms with van der Waals surface area (Å²) in [4.78, 5) is 23.9. The van der Waals surface area contributed by atoms with Crippen LogP contribution in [0.5, 0.6) is 0 Å². The van der Waals surface area contributed by atoms with E-state index in [-0.39, 0.29) is 17.9 Å². The fourth-order valence-corrected chi connectivity index (χ4v) is 2.77. The molecule has 6 heteroatoms. The molecule has 0 fully saturated rings. The van der Waals surface area contributed by atoms with E-state index >= 15 is 0 Å². The van der Waals surface area contributed by atoms with Crippen LogP contribution in [0, 0.1) is 0 Å². The third-order valence-electron chi connectivity index (χ3n) is 3.51. The van der Waals surface area contributed by atoms with Crippen molar-refractivity contribution in [1.82, 2.24) is 5.32 Å². The minimum atomic E-state index is -0.281. The summed E-state index contributed by atoms with van der Waals surface area (Å²) in [5.74, 6) is -0.352. The lowest BCUT2D eigenvalue weighted by Gasteiger charge is -2.16. The van der Waals surface area contributed by atoms with Crippen LogP contribution in [0.4, 0.5) is 5.69 Å². The second kappa shape index (κ2) is 8.18. The third-order valence-corrected chi connectivity index (χ3v) is 4.07. The van der Waals surface area contributed by atoms with Crippen LogP contribution in [0.25, 0.3) is 0 Å². The number of hydrogen-bond donors (Lipinski definition) is 2. The number of benzene rings is 2. The molecule has 0 spiro atoms. The molecule has 1 unspecified atom stereocenters. The topological polar surface area (TPSA) is 58.2 Å². The molecular formula is C18H18Cl2N2O2. The Hall–Kier alpha value is -2.04. The van der Waals surface area contributed by atoms with Crippen molar-refractivity contribution in [3.05, 3.63) is 63.6 Å². The molecule has 0 radical (unpaired) electrons. The van der Waals surface area contributed by atoms with Gasteiger partial charge in [-0.25, -0.2) is 0 Å². The first kappa shape index (κ1) is 18.3. The third kappa shape index (κ3) is 4.73. The minimum absolute atomic E-state index is 0.103. The molecule has 0 aromatic heterocycles. The lowest BCUT2D eigenvalue weighted by Crippen LogP contribution is -2.27. The maximum atomic E-state index is 12.4. The van der Waals surface area contributed by atoms with Crippen molar-refractivity contribution in [2.24, 2.45) is 0 Å². The molecule has 0 saturated carbocycles. The molecule has 4 nitrogen and oxygen atoms in total. The largest absolute Gasteiger partial charge is 0.345 e. The quantitative estimate of drug-likeness (QED) is 0.797. The van der Waals surface area contributed by atoms with Gasteiger partial charge >= 0.3 is 0 Å². The van der Waals surface area contributed by atoms with E-state index in [1.807, 2.05) is 6.92 Å². The Morgan fingerprint density at radius 3 is 2.54 bits per heavy atom. The highest BCUT2D eigenvalue weighted by Gasteiger charge is 2.14. The van der Waals surface area contributed by atoms with Crippen LogP contribution in [0.15, 0.2) is 42.5 Å². The number of anilines is 1. The summed E-state index contributed by atoms with van der Waals surface area (Å²) in [6.07, 6.45) is 0.378. The Morgan fingerprint density at radius 1 is 1.12 bits per heavy atom. The minimum Gasteiger partial charge on any atom is -0.345 e. The lowest BCUT2D eigenvalue weighted by molar-refractivity contribution is -0.115. The fourth-order valence-electron chi connectivity index (χ4n) is 2.20. The first-order chi connectivity index (χ1) is 11.4. The number of carbonyl (C=O) groups is 2. The van der Waals surface area contributed by atoms with Gasteiger partial charge in [-0.3, -0.25) is 9.59 Å². The molecule has 0 aliphatic rings. The van der Waals surface area contributed by atoms with Crippen LogP contribution in [-0.2, 0) is 4.79 Å². The summed E-state index contributed by atoms with van der Waals surface area (Å²) >= 11 is 12.1. The molecule has 0 heterocycles. The van der Waals surface area contributed by atoms with Crippen molar-refractivity contribution in [3.63, 3.8) is 0 Å². The van der Waals surface area contributed by atoms with Gasteiger partial charge in [-0.15, -0.1) is 0 Å². The van der Waals surface area contributed by atoms with E-state index in [0.29, 0.717) is 27.7 Å². The van der Waals surface area contributed by atoms with E-state index in [4.69, 9.17) is 23.2 Å². The molecule has 2 rings (SSSR count). The van der Waals surface area contributed by atoms with E-state index in [0.717, 1.165) is 5.56 Å². The first-order valence-electron chi connectivity index (χ1n) is 7.56. The number of rotatable bonds is 5. The van der Waals surface area contributed by atoms with Crippen LogP contribution in [0.2, 0.25) is 10.0 Å². The second-order valence-electron chi connectivity index (χ2n) is 5.34. The monoisotopic (exact) mass is 364 g/mol. The zero-order chi connectivity index (χ0) is 17.7. The van der Waals surface area contributed by atoms with E-state index in [9.17, 15) is 9.59 Å². The Morgan fingerprint density at radius 2 is 1.88 bits per heavy atom. The summed E-state index contributed by atoms with van der Waals surface area (Å²) in [7, 11) is 0. The summed E-state index contributed by atoms with van der Waals surface area (Å²) in [5.41, 5.74) is 1.83. The molecular weight excluding hydrogens is 347 g/mol. The SMILES string of the molecule is CCC(=O)Nc1cccc(C(=O)NC(C)c2ccc(Cl)cc2Cl)c1. The predicted molar refractivity (Wildman–Crippen MR) is 97.7 cm³/mol. The van der Waals surface area contributed by atoms with Crippen molar-refractivity contribution in [3.8, 4) is 0 Å². The Kier molecular flexibility index (Phi) is 6.23. The van der Waals surface area contributed by atoms with Crippen molar-refractivity contribution in [2.75, 3.05) is 5.32 Å². The van der Waals surface area contributed by atoms with Crippen LogP contribution in [0.3, 0.4) is 0 Å². The molecule has 2 N–H and O–H groups in total. The average Bonchev–Trinajstić information content (AvgIpc) is 2.54. The van der Waals surface area contributed by atoms with Gasteiger partial charge in [-0.05, 0) is 42.8 Å². The van der Waals surface area contributed by atoms with Gasteiger partial charge in [0.15, 0.2) is 0 Å². The zero-order valence-electron chi connectivity index (χ0n) is 13.4. The van der Waals surface area contributed by atoms with Crippen molar-refractivity contribution < 1.29 is 9.59 Å². The van der Waals surface area contributed by atoms with Crippen molar-refractivity contribution in [2.45, 2.75) is 26.3 Å². The zero-order valence-corrected chi connectivity index (χ0v) is 14.9. The summed E-state index contributed by atoms with van der Waals surface area (Å²) < 4.78 is 0. The summed E-state index contributed by atoms with van der Waals surface area (Å²) in [6.45, 7) is 3.61. The number of halogens is 2. The molecule has 0 saturated heterocycles. The van der Waals surface area contributed by atoms with Crippen molar-refractivity contribution in [1.29, 1.82) is 0 Å². The number of carbonyl (C=O) groups excluding carboxylic acids is 2. The first-order valence-corrected chi connectivity index (χ1v) is 8.32. The smallest absolute Gasteiger partial charge is 0.251 e. The molecule has 2 amide bonds. The molecule has 24 heavy (non-hydrogen) atoms. The molecule has 0 bridgehead atoms. The molecule has 0 aliphatic carbocycles. The van der Waals surface area contributed by atoms with Crippen LogP contribution in [-0.4, -0.2) is 11.8 Å². The number of amides is 2. The molecule has 2 aromatic rings. The van der Waals surface area contributed by atoms with Gasteiger partial charge in [0.05, 0.1) is 6.04 Å². The maximum Gasteiger partial charge on any atom is 0.251 e. The highest BCUT2D eigenvalue weighted by Crippen LogP contribution is 2.26. The van der Waals surface area contributed by atoms with Gasteiger partial charge in [-0.2, -0.15) is 0 Å². The summed E-state index contributed by atoms with van der Waals surface area (Å²) in [5, 5.41) is 6.66. The van der Waals surface area contributed by atoms with Gasteiger partial charge in [0.25, 0.3) is 5.91 Å². The normalized spacial score (nSPS) is 11.7. The van der Waals surface area contributed by atoms with Gasteiger partial charge in [0, 0.05) is 27.7 Å². The van der Waals surface area contributed by atoms with Gasteiger partial charge in [0.1, 0.15) is 0 Å². The van der Waals surface area contributed by atoms with Gasteiger partial charge in [-0.1, -0.05) is 42.3 Å². The molecule has 0 aliphatic heterocycles. The van der Waals surface area contributed by atoms with Gasteiger partial charge in [0.2, 0.25) is 5.91 Å². The lowest BCUT2D eigenvalue weighted by atomic mass is 10.1. The molecule has 1 atom stereocenters. The van der Waals surface area contributed by atoms with Crippen LogP contribution in [0.1, 0.15) is 42.2 Å². The average molecular weight is 365 g/mol. The van der Waals surface area contributed by atoms with E-state index in [2.05, 4.69) is 10.6 Å². The number of hydrogen-bond acceptors (Lipinski definition) is 2. The van der Waals surface area contributed by atoms with Crippen LogP contribution < -0.4 is 10.6 Å². The number of nitrogens with one attached hydrogen (secondary N) is 2. The fraction of sp³-hybridized carbons (Fsp3) is 0.222. The molecule has 2 aromatic carbocycles. The summed E-state index contributed by atoms with van der Waals surface area (Å²) in [6, 6.07) is 11.7. The standard InChI is InChI=1S/C18H18Cl2N2O2/c1-3-17(23)22-14-6-4-5-12(9-14)18(24)21-11(2)15-8-7-13(19)10-16(15)20/h4-11H,3H2,1-2H3,(H,21,24)(H,22,23). The highest BCUT2D eigenvalue weighted by molar-refractivity contribution is 6.35. The Labute approximate surface area is 151 Å². The Balaban J connectivity index is 2.11. The maximum absolute atomic E-state index is 12.4. The highest BCUT2D eigenvalue weighted by atomic mass is 35.5.